The van der Waals surface area contributed by atoms with Gasteiger partial charge in [-0.05, 0) is 50.0 Å². The summed E-state index contributed by atoms with van der Waals surface area (Å²) in [7, 11) is 0. The second-order valence-electron chi connectivity index (χ2n) is 6.94. The van der Waals surface area contributed by atoms with Crippen LogP contribution in [0.15, 0.2) is 59.7 Å². The maximum atomic E-state index is 12.9. The Bertz CT molecular complexity index is 805. The molecule has 0 heterocycles. The molecule has 1 aliphatic rings. The molecule has 0 saturated heterocycles. The van der Waals surface area contributed by atoms with Crippen molar-refractivity contribution in [2.75, 3.05) is 13.2 Å². The van der Waals surface area contributed by atoms with Crippen LogP contribution in [0.25, 0.3) is 12.2 Å². The Balaban J connectivity index is 1.82. The van der Waals surface area contributed by atoms with Gasteiger partial charge in [0.2, 0.25) is 0 Å². The summed E-state index contributed by atoms with van der Waals surface area (Å²) >= 11 is 0. The van der Waals surface area contributed by atoms with E-state index in [1.165, 1.54) is 0 Å². The van der Waals surface area contributed by atoms with Crippen LogP contribution in [-0.2, 0) is 4.79 Å². The van der Waals surface area contributed by atoms with Crippen molar-refractivity contribution in [1.29, 1.82) is 0 Å². The van der Waals surface area contributed by atoms with Gasteiger partial charge in [0, 0.05) is 22.3 Å². The topological polar surface area (TPSA) is 35.5 Å². The van der Waals surface area contributed by atoms with Crippen molar-refractivity contribution in [3.8, 4) is 11.5 Å². The number of hydrogen-bond acceptors (Lipinski definition) is 3. The SMILES string of the molecule is CCCOc1ccccc1/C=C1/CC/C(=C\c2ccccc2OCCC)C1=O. The standard InChI is InChI=1S/C25H28O3/c1-3-15-27-23-11-7-5-9-19(23)17-21-13-14-22(25(21)26)18-20-10-6-8-12-24(20)28-16-4-2/h5-12,17-18H,3-4,13-16H2,1-2H3/b21-17-,22-18+. The molecular formula is C25H28O3. The van der Waals surface area contributed by atoms with Crippen molar-refractivity contribution < 1.29 is 14.3 Å². The van der Waals surface area contributed by atoms with Crippen molar-refractivity contribution in [2.24, 2.45) is 0 Å². The van der Waals surface area contributed by atoms with Crippen LogP contribution in [-0.4, -0.2) is 19.0 Å². The fourth-order valence-electron chi connectivity index (χ4n) is 3.24. The first-order valence-corrected chi connectivity index (χ1v) is 10.1. The Morgan fingerprint density at radius 3 is 1.61 bits per heavy atom. The van der Waals surface area contributed by atoms with Crippen LogP contribution >= 0.6 is 0 Å². The summed E-state index contributed by atoms with van der Waals surface area (Å²) in [5.41, 5.74) is 3.61. The van der Waals surface area contributed by atoms with Crippen molar-refractivity contribution in [3.05, 3.63) is 70.8 Å². The molecule has 2 aromatic rings. The lowest BCUT2D eigenvalue weighted by Crippen LogP contribution is -1.99. The summed E-state index contributed by atoms with van der Waals surface area (Å²) in [6, 6.07) is 15.8. The minimum absolute atomic E-state index is 0.121. The lowest BCUT2D eigenvalue weighted by atomic mass is 10.1. The van der Waals surface area contributed by atoms with Gasteiger partial charge in [0.15, 0.2) is 5.78 Å². The number of ketones is 1. The molecule has 1 saturated carbocycles. The summed E-state index contributed by atoms with van der Waals surface area (Å²) < 4.78 is 11.6. The van der Waals surface area contributed by atoms with Crippen LogP contribution in [0.3, 0.4) is 0 Å². The average molecular weight is 376 g/mol. The fraction of sp³-hybridized carbons (Fsp3) is 0.320. The predicted molar refractivity (Wildman–Crippen MR) is 115 cm³/mol. The number of Topliss-reactive ketones (excluding diaryl/α,β-unsaturated/α-hetero) is 1. The van der Waals surface area contributed by atoms with Gasteiger partial charge in [-0.15, -0.1) is 0 Å². The van der Waals surface area contributed by atoms with Gasteiger partial charge in [-0.3, -0.25) is 4.79 Å². The molecule has 1 fully saturated rings. The van der Waals surface area contributed by atoms with Gasteiger partial charge in [-0.25, -0.2) is 0 Å². The number of para-hydroxylation sites is 2. The predicted octanol–water partition coefficient (Wildman–Crippen LogP) is 6.09. The zero-order chi connectivity index (χ0) is 19.8. The van der Waals surface area contributed by atoms with Gasteiger partial charge in [-0.1, -0.05) is 50.2 Å². The van der Waals surface area contributed by atoms with E-state index in [1.807, 2.05) is 60.7 Å². The molecule has 146 valence electrons. The van der Waals surface area contributed by atoms with E-state index in [1.54, 1.807) is 0 Å². The molecule has 0 bridgehead atoms. The van der Waals surface area contributed by atoms with Crippen molar-refractivity contribution in [3.63, 3.8) is 0 Å². The zero-order valence-corrected chi connectivity index (χ0v) is 16.7. The lowest BCUT2D eigenvalue weighted by Gasteiger charge is -2.09. The minimum Gasteiger partial charge on any atom is -0.493 e. The van der Waals surface area contributed by atoms with Gasteiger partial charge in [0.25, 0.3) is 0 Å². The maximum Gasteiger partial charge on any atom is 0.185 e. The quantitative estimate of drug-likeness (QED) is 0.523. The van der Waals surface area contributed by atoms with E-state index in [0.29, 0.717) is 13.2 Å². The lowest BCUT2D eigenvalue weighted by molar-refractivity contribution is -0.111. The Morgan fingerprint density at radius 2 is 1.18 bits per heavy atom. The molecule has 3 nitrogen and oxygen atoms in total. The maximum absolute atomic E-state index is 12.9. The van der Waals surface area contributed by atoms with Crippen LogP contribution < -0.4 is 9.47 Å². The molecule has 0 amide bonds. The van der Waals surface area contributed by atoms with Gasteiger partial charge in [0.05, 0.1) is 13.2 Å². The Morgan fingerprint density at radius 1 is 0.750 bits per heavy atom. The first kappa shape index (κ1) is 19.9. The van der Waals surface area contributed by atoms with E-state index < -0.39 is 0 Å². The van der Waals surface area contributed by atoms with Crippen LogP contribution in [0.4, 0.5) is 0 Å². The molecule has 3 rings (SSSR count). The highest BCUT2D eigenvalue weighted by Crippen LogP contribution is 2.33. The van der Waals surface area contributed by atoms with Gasteiger partial charge in [-0.2, -0.15) is 0 Å². The largest absolute Gasteiger partial charge is 0.493 e. The van der Waals surface area contributed by atoms with Crippen molar-refractivity contribution in [2.45, 2.75) is 39.5 Å². The third kappa shape index (κ3) is 4.92. The van der Waals surface area contributed by atoms with E-state index in [4.69, 9.17) is 9.47 Å². The van der Waals surface area contributed by atoms with Crippen LogP contribution in [0.5, 0.6) is 11.5 Å². The molecule has 0 aliphatic heterocycles. The zero-order valence-electron chi connectivity index (χ0n) is 16.7. The number of allylic oxidation sites excluding steroid dienone is 2. The summed E-state index contributed by atoms with van der Waals surface area (Å²) in [6.07, 6.45) is 7.38. The molecule has 1 aliphatic carbocycles. The Labute approximate surface area is 167 Å². The summed E-state index contributed by atoms with van der Waals surface area (Å²) in [4.78, 5) is 12.9. The Hall–Kier alpha value is -2.81. The monoisotopic (exact) mass is 376 g/mol. The van der Waals surface area contributed by atoms with E-state index in [9.17, 15) is 4.79 Å². The van der Waals surface area contributed by atoms with Crippen molar-refractivity contribution >= 4 is 17.9 Å². The molecular weight excluding hydrogens is 348 g/mol. The molecule has 0 aromatic heterocycles. The molecule has 0 spiro atoms. The fourth-order valence-corrected chi connectivity index (χ4v) is 3.24. The Kier molecular flexibility index (Phi) is 7.07. The smallest absolute Gasteiger partial charge is 0.185 e. The number of benzene rings is 2. The average Bonchev–Trinajstić information content (AvgIpc) is 3.06. The molecule has 0 radical (unpaired) electrons. The second-order valence-corrected chi connectivity index (χ2v) is 6.94. The van der Waals surface area contributed by atoms with Crippen LogP contribution in [0, 0.1) is 0 Å². The first-order valence-electron chi connectivity index (χ1n) is 10.1. The number of rotatable bonds is 8. The highest BCUT2D eigenvalue weighted by atomic mass is 16.5. The van der Waals surface area contributed by atoms with Crippen LogP contribution in [0.1, 0.15) is 50.7 Å². The minimum atomic E-state index is 0.121. The van der Waals surface area contributed by atoms with Crippen LogP contribution in [0.2, 0.25) is 0 Å². The van der Waals surface area contributed by atoms with E-state index >= 15 is 0 Å². The molecule has 3 heteroatoms. The number of ether oxygens (including phenoxy) is 2. The van der Waals surface area contributed by atoms with E-state index in [2.05, 4.69) is 13.8 Å². The first-order chi connectivity index (χ1) is 13.7. The number of carbonyl (C=O) groups is 1. The summed E-state index contributed by atoms with van der Waals surface area (Å²) in [5.74, 6) is 1.79. The third-order valence-electron chi connectivity index (χ3n) is 4.67. The molecule has 28 heavy (non-hydrogen) atoms. The summed E-state index contributed by atoms with van der Waals surface area (Å²) in [5, 5.41) is 0. The summed E-state index contributed by atoms with van der Waals surface area (Å²) in [6.45, 7) is 5.52. The van der Waals surface area contributed by atoms with Gasteiger partial charge < -0.3 is 9.47 Å². The van der Waals surface area contributed by atoms with E-state index in [0.717, 1.165) is 59.5 Å². The molecule has 0 N–H and O–H groups in total. The van der Waals surface area contributed by atoms with Gasteiger partial charge >= 0.3 is 0 Å². The van der Waals surface area contributed by atoms with E-state index in [-0.39, 0.29) is 5.78 Å². The number of carbonyl (C=O) groups excluding carboxylic acids is 1. The highest BCUT2D eigenvalue weighted by molar-refractivity contribution is 6.15. The molecule has 0 unspecified atom stereocenters. The molecule has 2 aromatic carbocycles. The number of hydrogen-bond donors (Lipinski definition) is 0. The second kappa shape index (κ2) is 9.93. The molecule has 0 atom stereocenters. The van der Waals surface area contributed by atoms with Crippen molar-refractivity contribution in [1.82, 2.24) is 0 Å². The van der Waals surface area contributed by atoms with Gasteiger partial charge in [0.1, 0.15) is 11.5 Å². The normalized spacial score (nSPS) is 16.7. The highest BCUT2D eigenvalue weighted by Gasteiger charge is 2.23. The third-order valence-corrected chi connectivity index (χ3v) is 4.67.